The molecule has 41 heavy (non-hydrogen) atoms. The van der Waals surface area contributed by atoms with Crippen LogP contribution in [0.1, 0.15) is 63.4 Å². The molecule has 206 valence electrons. The quantitative estimate of drug-likeness (QED) is 0.207. The van der Waals surface area contributed by atoms with Crippen LogP contribution in [-0.2, 0) is 19.4 Å². The van der Waals surface area contributed by atoms with Crippen molar-refractivity contribution < 1.29 is 9.59 Å². The second-order valence-corrected chi connectivity index (χ2v) is 11.6. The molecule has 5 aromatic rings. The Labute approximate surface area is 244 Å². The normalized spacial score (nSPS) is 12.8. The number of aryl methyl sites for hydroxylation is 2. The van der Waals surface area contributed by atoms with E-state index in [-0.39, 0.29) is 11.7 Å². The molecule has 0 fully saturated rings. The van der Waals surface area contributed by atoms with Crippen molar-refractivity contribution in [1.82, 2.24) is 9.97 Å². The molecule has 3 heterocycles. The summed E-state index contributed by atoms with van der Waals surface area (Å²) < 4.78 is 1.03. The standard InChI is InChI=1S/C34H32N4O2S/c1-4-8-23-13-14-25(21(2)19-23)26-15-16-31(36-32(26)22(3)39)38-18-17-24-9-7-10-27(28(24)20-38)33(40)37-34-35-29-11-5-6-12-30(29)41-34/h5-7,9-16,19H,4,8,17-18,20H2,1-3H3,(H,35,37,40). The number of carbonyl (C=O) groups is 2. The number of rotatable bonds is 7. The third-order valence-electron chi connectivity index (χ3n) is 7.69. The van der Waals surface area contributed by atoms with E-state index in [4.69, 9.17) is 4.98 Å². The van der Waals surface area contributed by atoms with Crippen LogP contribution in [0.15, 0.2) is 72.8 Å². The van der Waals surface area contributed by atoms with Crippen LogP contribution in [-0.4, -0.2) is 28.2 Å². The molecule has 7 heteroatoms. The van der Waals surface area contributed by atoms with E-state index in [1.807, 2.05) is 48.5 Å². The molecule has 1 aliphatic heterocycles. The fraction of sp³-hybridized carbons (Fsp3) is 0.235. The van der Waals surface area contributed by atoms with E-state index in [9.17, 15) is 9.59 Å². The average Bonchev–Trinajstić information content (AvgIpc) is 3.39. The predicted octanol–water partition coefficient (Wildman–Crippen LogP) is 7.64. The monoisotopic (exact) mass is 560 g/mol. The first-order valence-electron chi connectivity index (χ1n) is 14.1. The Bertz CT molecular complexity index is 1760. The number of thiazole rings is 1. The van der Waals surface area contributed by atoms with Gasteiger partial charge in [0.1, 0.15) is 11.5 Å². The number of hydrogen-bond donors (Lipinski definition) is 1. The Morgan fingerprint density at radius 2 is 1.80 bits per heavy atom. The lowest BCUT2D eigenvalue weighted by Crippen LogP contribution is -2.33. The zero-order chi connectivity index (χ0) is 28.5. The molecule has 1 amide bonds. The van der Waals surface area contributed by atoms with Crippen LogP contribution in [0.5, 0.6) is 0 Å². The van der Waals surface area contributed by atoms with Crippen LogP contribution < -0.4 is 10.2 Å². The lowest BCUT2D eigenvalue weighted by Gasteiger charge is -2.31. The number of fused-ring (bicyclic) bond motifs is 2. The average molecular weight is 561 g/mol. The van der Waals surface area contributed by atoms with Crippen molar-refractivity contribution in [1.29, 1.82) is 0 Å². The van der Waals surface area contributed by atoms with Gasteiger partial charge in [0.15, 0.2) is 10.9 Å². The molecule has 2 aromatic heterocycles. The SMILES string of the molecule is CCCc1ccc(-c2ccc(N3CCc4cccc(C(=O)Nc5nc6ccccc6s5)c4C3)nc2C(C)=O)c(C)c1. The number of nitrogens with one attached hydrogen (secondary N) is 1. The van der Waals surface area contributed by atoms with Crippen LogP contribution >= 0.6 is 11.3 Å². The summed E-state index contributed by atoms with van der Waals surface area (Å²) in [5, 5.41) is 3.59. The highest BCUT2D eigenvalue weighted by Crippen LogP contribution is 2.32. The van der Waals surface area contributed by atoms with Crippen molar-refractivity contribution >= 4 is 44.2 Å². The summed E-state index contributed by atoms with van der Waals surface area (Å²) in [6.45, 7) is 7.13. The summed E-state index contributed by atoms with van der Waals surface area (Å²) in [7, 11) is 0. The molecule has 0 bridgehead atoms. The molecule has 1 aliphatic rings. The zero-order valence-electron chi connectivity index (χ0n) is 23.5. The van der Waals surface area contributed by atoms with E-state index in [1.165, 1.54) is 16.9 Å². The summed E-state index contributed by atoms with van der Waals surface area (Å²) in [6.07, 6.45) is 2.92. The molecule has 0 unspecified atom stereocenters. The van der Waals surface area contributed by atoms with Gasteiger partial charge in [-0.2, -0.15) is 0 Å². The van der Waals surface area contributed by atoms with Gasteiger partial charge in [-0.15, -0.1) is 0 Å². The van der Waals surface area contributed by atoms with Gasteiger partial charge in [-0.05, 0) is 77.9 Å². The largest absolute Gasteiger partial charge is 0.352 e. The highest BCUT2D eigenvalue weighted by Gasteiger charge is 2.25. The highest BCUT2D eigenvalue weighted by atomic mass is 32.1. The number of para-hydroxylation sites is 1. The molecule has 0 radical (unpaired) electrons. The van der Waals surface area contributed by atoms with Crippen molar-refractivity contribution in [3.05, 3.63) is 106 Å². The van der Waals surface area contributed by atoms with E-state index < -0.39 is 0 Å². The number of pyridine rings is 1. The fourth-order valence-electron chi connectivity index (χ4n) is 5.66. The van der Waals surface area contributed by atoms with Crippen LogP contribution in [0, 0.1) is 6.92 Å². The Balaban J connectivity index is 1.28. The molecule has 0 saturated carbocycles. The van der Waals surface area contributed by atoms with Crippen molar-refractivity contribution in [3.63, 3.8) is 0 Å². The van der Waals surface area contributed by atoms with Gasteiger partial charge in [-0.25, -0.2) is 9.97 Å². The lowest BCUT2D eigenvalue weighted by atomic mass is 9.93. The topological polar surface area (TPSA) is 75.2 Å². The summed E-state index contributed by atoms with van der Waals surface area (Å²) in [4.78, 5) is 37.8. The van der Waals surface area contributed by atoms with Crippen LogP contribution in [0.3, 0.4) is 0 Å². The number of benzene rings is 3. The van der Waals surface area contributed by atoms with Crippen molar-refractivity contribution in [2.45, 2.75) is 46.6 Å². The molecular formula is C34H32N4O2S. The molecule has 0 saturated heterocycles. The first kappa shape index (κ1) is 26.8. The molecule has 6 rings (SSSR count). The van der Waals surface area contributed by atoms with Gasteiger partial charge < -0.3 is 4.90 Å². The summed E-state index contributed by atoms with van der Waals surface area (Å²) in [5.74, 6) is 0.510. The smallest absolute Gasteiger partial charge is 0.257 e. The summed E-state index contributed by atoms with van der Waals surface area (Å²) in [6, 6.07) is 24.2. The van der Waals surface area contributed by atoms with Gasteiger partial charge in [0, 0.05) is 31.1 Å². The van der Waals surface area contributed by atoms with Gasteiger partial charge in [0.05, 0.1) is 10.2 Å². The Kier molecular flexibility index (Phi) is 7.37. The highest BCUT2D eigenvalue weighted by molar-refractivity contribution is 7.22. The van der Waals surface area contributed by atoms with Gasteiger partial charge in [0.2, 0.25) is 0 Å². The Morgan fingerprint density at radius 1 is 0.976 bits per heavy atom. The third kappa shape index (κ3) is 5.37. The number of ketones is 1. The number of aromatic nitrogens is 2. The van der Waals surface area contributed by atoms with E-state index in [0.717, 1.165) is 69.7 Å². The summed E-state index contributed by atoms with van der Waals surface area (Å²) >= 11 is 1.47. The first-order chi connectivity index (χ1) is 19.9. The maximum absolute atomic E-state index is 13.4. The molecule has 0 aliphatic carbocycles. The van der Waals surface area contributed by atoms with E-state index in [2.05, 4.69) is 53.3 Å². The Morgan fingerprint density at radius 3 is 2.59 bits per heavy atom. The molecule has 1 N–H and O–H groups in total. The maximum atomic E-state index is 13.4. The number of nitrogens with zero attached hydrogens (tertiary/aromatic N) is 3. The molecular weight excluding hydrogens is 528 g/mol. The van der Waals surface area contributed by atoms with E-state index in [1.54, 1.807) is 6.92 Å². The zero-order valence-corrected chi connectivity index (χ0v) is 24.3. The fourth-order valence-corrected chi connectivity index (χ4v) is 6.52. The lowest BCUT2D eigenvalue weighted by molar-refractivity contribution is 0.101. The number of hydrogen-bond acceptors (Lipinski definition) is 6. The second kappa shape index (κ2) is 11.3. The number of anilines is 2. The first-order valence-corrected chi connectivity index (χ1v) is 14.9. The minimum absolute atomic E-state index is 0.0628. The summed E-state index contributed by atoms with van der Waals surface area (Å²) in [5.41, 5.74) is 8.46. The molecule has 0 spiro atoms. The van der Waals surface area contributed by atoms with Crippen LogP contribution in [0.4, 0.5) is 10.9 Å². The molecule has 3 aromatic carbocycles. The van der Waals surface area contributed by atoms with Crippen molar-refractivity contribution in [2.24, 2.45) is 0 Å². The third-order valence-corrected chi connectivity index (χ3v) is 8.64. The molecule has 0 atom stereocenters. The van der Waals surface area contributed by atoms with E-state index in [0.29, 0.717) is 22.9 Å². The van der Waals surface area contributed by atoms with Gasteiger partial charge in [-0.3, -0.25) is 14.9 Å². The predicted molar refractivity (Wildman–Crippen MR) is 167 cm³/mol. The van der Waals surface area contributed by atoms with Gasteiger partial charge in [-0.1, -0.05) is 67.1 Å². The van der Waals surface area contributed by atoms with E-state index >= 15 is 0 Å². The molecule has 6 nitrogen and oxygen atoms in total. The van der Waals surface area contributed by atoms with Gasteiger partial charge in [0.25, 0.3) is 5.91 Å². The van der Waals surface area contributed by atoms with Crippen molar-refractivity contribution in [3.8, 4) is 11.1 Å². The van der Waals surface area contributed by atoms with Crippen molar-refractivity contribution in [2.75, 3.05) is 16.8 Å². The van der Waals surface area contributed by atoms with Crippen LogP contribution in [0.25, 0.3) is 21.3 Å². The number of Topliss-reactive ketones (excluding diaryl/α,β-unsaturated/α-hetero) is 1. The number of amides is 1. The minimum atomic E-state index is -0.169. The number of carbonyl (C=O) groups excluding carboxylic acids is 2. The maximum Gasteiger partial charge on any atom is 0.257 e. The minimum Gasteiger partial charge on any atom is -0.352 e. The van der Waals surface area contributed by atoms with Crippen LogP contribution in [0.2, 0.25) is 0 Å². The second-order valence-electron chi connectivity index (χ2n) is 10.6. The Hall–Kier alpha value is -4.36. The van der Waals surface area contributed by atoms with Gasteiger partial charge >= 0.3 is 0 Å².